The minimum Gasteiger partial charge on any atom is -0.460 e. The molecule has 106 valence electrons. The normalized spacial score (nSPS) is 10.5. The highest BCUT2D eigenvalue weighted by Crippen LogP contribution is 2.20. The molecular formula is C13H17BrO4S. The van der Waals surface area contributed by atoms with Crippen LogP contribution in [0.4, 0.5) is 0 Å². The molecule has 0 spiro atoms. The van der Waals surface area contributed by atoms with Crippen LogP contribution >= 0.6 is 28.6 Å². The number of hydrogen-bond donors (Lipinski definition) is 1. The molecule has 4 nitrogen and oxygen atoms in total. The summed E-state index contributed by atoms with van der Waals surface area (Å²) in [6, 6.07) is 5.20. The number of thiol groups is 1. The Hall–Kier alpha value is -0.560. The van der Waals surface area contributed by atoms with Crippen LogP contribution in [0.5, 0.6) is 0 Å². The number of methoxy groups -OCH3 is 1. The van der Waals surface area contributed by atoms with Gasteiger partial charge in [0.2, 0.25) is 0 Å². The van der Waals surface area contributed by atoms with Crippen LogP contribution in [0.25, 0.3) is 0 Å². The van der Waals surface area contributed by atoms with Crippen molar-refractivity contribution in [3.8, 4) is 0 Å². The van der Waals surface area contributed by atoms with E-state index in [0.29, 0.717) is 30.3 Å². The molecule has 0 bridgehead atoms. The number of benzene rings is 1. The summed E-state index contributed by atoms with van der Waals surface area (Å²) < 4.78 is 16.1. The molecule has 0 heterocycles. The number of carbonyl (C=O) groups is 1. The van der Waals surface area contributed by atoms with Gasteiger partial charge in [-0.2, -0.15) is 0 Å². The van der Waals surface area contributed by atoms with Crippen molar-refractivity contribution in [3.63, 3.8) is 0 Å². The van der Waals surface area contributed by atoms with E-state index in [0.717, 1.165) is 10.9 Å². The van der Waals surface area contributed by atoms with Crippen molar-refractivity contribution in [2.24, 2.45) is 0 Å². The van der Waals surface area contributed by atoms with Crippen LogP contribution in [0.1, 0.15) is 16.8 Å². The standard InChI is InChI=1S/C13H17BrO4S/c1-16-5-2-6-17-7-8-18-13(15)11-4-3-10(14)9-12(11)19/h3-4,9,19H,2,5-8H2,1H3. The summed E-state index contributed by atoms with van der Waals surface area (Å²) in [6.45, 7) is 1.88. The summed E-state index contributed by atoms with van der Waals surface area (Å²) in [5.41, 5.74) is 0.450. The Labute approximate surface area is 127 Å². The monoisotopic (exact) mass is 348 g/mol. The van der Waals surface area contributed by atoms with Gasteiger partial charge in [0.15, 0.2) is 0 Å². The van der Waals surface area contributed by atoms with Gasteiger partial charge >= 0.3 is 5.97 Å². The molecule has 0 saturated carbocycles. The Kier molecular flexibility index (Phi) is 8.13. The molecule has 0 aliphatic rings. The van der Waals surface area contributed by atoms with Gasteiger partial charge in [0.25, 0.3) is 0 Å². The first-order chi connectivity index (χ1) is 9.15. The molecule has 6 heteroatoms. The van der Waals surface area contributed by atoms with Crippen molar-refractivity contribution < 1.29 is 19.0 Å². The van der Waals surface area contributed by atoms with Gasteiger partial charge in [0.05, 0.1) is 12.2 Å². The molecule has 0 N–H and O–H groups in total. The van der Waals surface area contributed by atoms with E-state index < -0.39 is 5.97 Å². The van der Waals surface area contributed by atoms with Crippen molar-refractivity contribution in [2.75, 3.05) is 33.5 Å². The third-order valence-corrected chi connectivity index (χ3v) is 3.14. The van der Waals surface area contributed by atoms with Crippen molar-refractivity contribution in [2.45, 2.75) is 11.3 Å². The SMILES string of the molecule is COCCCOCCOC(=O)c1ccc(Br)cc1S. The maximum absolute atomic E-state index is 11.8. The van der Waals surface area contributed by atoms with Crippen molar-refractivity contribution >= 4 is 34.5 Å². The second-order valence-corrected chi connectivity index (χ2v) is 5.15. The second-order valence-electron chi connectivity index (χ2n) is 3.76. The lowest BCUT2D eigenvalue weighted by atomic mass is 10.2. The van der Waals surface area contributed by atoms with Crippen LogP contribution in [0.3, 0.4) is 0 Å². The highest BCUT2D eigenvalue weighted by atomic mass is 79.9. The van der Waals surface area contributed by atoms with E-state index in [2.05, 4.69) is 28.6 Å². The fourth-order valence-corrected chi connectivity index (χ4v) is 2.20. The van der Waals surface area contributed by atoms with Crippen molar-refractivity contribution in [1.29, 1.82) is 0 Å². The first kappa shape index (κ1) is 16.5. The van der Waals surface area contributed by atoms with Gasteiger partial charge in [-0.3, -0.25) is 0 Å². The molecule has 0 aliphatic heterocycles. The molecule has 0 saturated heterocycles. The molecule has 0 aliphatic carbocycles. The number of rotatable bonds is 8. The van der Waals surface area contributed by atoms with Crippen LogP contribution in [-0.2, 0) is 14.2 Å². The fraction of sp³-hybridized carbons (Fsp3) is 0.462. The van der Waals surface area contributed by atoms with E-state index in [1.54, 1.807) is 25.3 Å². The molecule has 19 heavy (non-hydrogen) atoms. The van der Waals surface area contributed by atoms with Gasteiger partial charge in [0.1, 0.15) is 6.61 Å². The van der Waals surface area contributed by atoms with Crippen LogP contribution in [0, 0.1) is 0 Å². The summed E-state index contributed by atoms with van der Waals surface area (Å²) in [5, 5.41) is 0. The highest BCUT2D eigenvalue weighted by molar-refractivity contribution is 9.10. The van der Waals surface area contributed by atoms with Gasteiger partial charge < -0.3 is 14.2 Å². The lowest BCUT2D eigenvalue weighted by Crippen LogP contribution is -2.12. The van der Waals surface area contributed by atoms with Gasteiger partial charge in [-0.25, -0.2) is 4.79 Å². The first-order valence-electron chi connectivity index (χ1n) is 5.87. The van der Waals surface area contributed by atoms with Gasteiger partial charge in [-0.1, -0.05) is 15.9 Å². The minimum atomic E-state index is -0.391. The number of carbonyl (C=O) groups excluding carboxylic acids is 1. The van der Waals surface area contributed by atoms with E-state index >= 15 is 0 Å². The maximum Gasteiger partial charge on any atom is 0.339 e. The van der Waals surface area contributed by atoms with Gasteiger partial charge in [-0.15, -0.1) is 12.6 Å². The minimum absolute atomic E-state index is 0.231. The molecule has 1 aromatic carbocycles. The highest BCUT2D eigenvalue weighted by Gasteiger charge is 2.10. The van der Waals surface area contributed by atoms with Crippen LogP contribution in [0.2, 0.25) is 0 Å². The van der Waals surface area contributed by atoms with Gasteiger partial charge in [-0.05, 0) is 24.6 Å². The van der Waals surface area contributed by atoms with E-state index in [1.165, 1.54) is 0 Å². The quantitative estimate of drug-likeness (QED) is 0.445. The number of halogens is 1. The Balaban J connectivity index is 2.24. The van der Waals surface area contributed by atoms with E-state index in [1.807, 2.05) is 0 Å². The topological polar surface area (TPSA) is 44.8 Å². The summed E-state index contributed by atoms with van der Waals surface area (Å²) in [4.78, 5) is 12.3. The van der Waals surface area contributed by atoms with E-state index in [-0.39, 0.29) is 6.61 Å². The molecule has 1 rings (SSSR count). The maximum atomic E-state index is 11.8. The Bertz CT molecular complexity index is 412. The van der Waals surface area contributed by atoms with Crippen molar-refractivity contribution in [1.82, 2.24) is 0 Å². The zero-order valence-electron chi connectivity index (χ0n) is 10.7. The largest absolute Gasteiger partial charge is 0.460 e. The molecule has 0 radical (unpaired) electrons. The predicted octanol–water partition coefficient (Wildman–Crippen LogP) is 2.95. The molecule has 0 aromatic heterocycles. The van der Waals surface area contributed by atoms with E-state index in [4.69, 9.17) is 14.2 Å². The molecule has 0 fully saturated rings. The average molecular weight is 349 g/mol. The first-order valence-corrected chi connectivity index (χ1v) is 7.11. The predicted molar refractivity (Wildman–Crippen MR) is 79.0 cm³/mol. The zero-order valence-corrected chi connectivity index (χ0v) is 13.2. The summed E-state index contributed by atoms with van der Waals surface area (Å²) in [7, 11) is 1.65. The lowest BCUT2D eigenvalue weighted by Gasteiger charge is -2.07. The van der Waals surface area contributed by atoms with Crippen molar-refractivity contribution in [3.05, 3.63) is 28.2 Å². The van der Waals surface area contributed by atoms with Crippen LogP contribution in [-0.4, -0.2) is 39.5 Å². The Morgan fingerprint density at radius 2 is 2.05 bits per heavy atom. The molecule has 0 atom stereocenters. The number of hydrogen-bond acceptors (Lipinski definition) is 5. The summed E-state index contributed by atoms with van der Waals surface area (Å²) >= 11 is 7.54. The Morgan fingerprint density at radius 3 is 2.74 bits per heavy atom. The zero-order chi connectivity index (χ0) is 14.1. The fourth-order valence-electron chi connectivity index (χ4n) is 1.36. The molecule has 0 unspecified atom stereocenters. The Morgan fingerprint density at radius 1 is 1.26 bits per heavy atom. The molecule has 1 aromatic rings. The summed E-state index contributed by atoms with van der Waals surface area (Å²) in [5.74, 6) is -0.391. The number of ether oxygens (including phenoxy) is 3. The smallest absolute Gasteiger partial charge is 0.339 e. The second kappa shape index (κ2) is 9.36. The third-order valence-electron chi connectivity index (χ3n) is 2.28. The van der Waals surface area contributed by atoms with Crippen LogP contribution < -0.4 is 0 Å². The molecule has 0 amide bonds. The number of esters is 1. The third kappa shape index (κ3) is 6.42. The molecular weight excluding hydrogens is 332 g/mol. The van der Waals surface area contributed by atoms with Crippen LogP contribution in [0.15, 0.2) is 27.6 Å². The van der Waals surface area contributed by atoms with Gasteiger partial charge in [0, 0.05) is 29.7 Å². The van der Waals surface area contributed by atoms with E-state index in [9.17, 15) is 4.79 Å². The average Bonchev–Trinajstić information content (AvgIpc) is 2.37. The lowest BCUT2D eigenvalue weighted by molar-refractivity contribution is 0.0285. The summed E-state index contributed by atoms with van der Waals surface area (Å²) in [6.07, 6.45) is 0.831.